The van der Waals surface area contributed by atoms with Gasteiger partial charge >= 0.3 is 6.03 Å². The van der Waals surface area contributed by atoms with E-state index in [0.29, 0.717) is 13.2 Å². The third-order valence-electron chi connectivity index (χ3n) is 2.56. The Kier molecular flexibility index (Phi) is 2.78. The van der Waals surface area contributed by atoms with E-state index in [1.807, 2.05) is 0 Å². The van der Waals surface area contributed by atoms with Gasteiger partial charge in [0.25, 0.3) is 11.8 Å². The highest BCUT2D eigenvalue weighted by Gasteiger charge is 2.36. The van der Waals surface area contributed by atoms with Crippen LogP contribution in [0, 0.1) is 0 Å². The van der Waals surface area contributed by atoms with Crippen molar-refractivity contribution in [3.05, 3.63) is 0 Å². The maximum atomic E-state index is 11.6. The number of rotatable bonds is 2. The Labute approximate surface area is 92.5 Å². The molecule has 0 saturated carbocycles. The molecule has 0 aromatic heterocycles. The van der Waals surface area contributed by atoms with Gasteiger partial charge in [0.05, 0.1) is 13.2 Å². The average molecular weight is 227 g/mol. The van der Waals surface area contributed by atoms with Crippen LogP contribution in [-0.4, -0.2) is 66.0 Å². The van der Waals surface area contributed by atoms with Crippen LogP contribution in [-0.2, 0) is 14.4 Å². The van der Waals surface area contributed by atoms with E-state index in [0.717, 1.165) is 11.3 Å². The van der Waals surface area contributed by atoms with Gasteiger partial charge in [-0.05, 0) is 6.42 Å². The van der Waals surface area contributed by atoms with Crippen molar-refractivity contribution >= 4 is 17.8 Å². The van der Waals surface area contributed by atoms with Gasteiger partial charge < -0.3 is 4.90 Å². The molecule has 2 fully saturated rings. The van der Waals surface area contributed by atoms with Gasteiger partial charge in [0.2, 0.25) is 0 Å². The zero-order valence-electron chi connectivity index (χ0n) is 9.01. The lowest BCUT2D eigenvalue weighted by atomic mass is 10.4. The average Bonchev–Trinajstić information content (AvgIpc) is 2.83. The number of imide groups is 1. The van der Waals surface area contributed by atoms with Crippen molar-refractivity contribution in [1.29, 1.82) is 0 Å². The molecule has 7 nitrogen and oxygen atoms in total. The van der Waals surface area contributed by atoms with E-state index < -0.39 is 6.03 Å². The fourth-order valence-electron chi connectivity index (χ4n) is 1.68. The van der Waals surface area contributed by atoms with Crippen LogP contribution < -0.4 is 0 Å². The first-order valence-corrected chi connectivity index (χ1v) is 5.08. The molecule has 88 valence electrons. The molecule has 0 N–H and O–H groups in total. The molecule has 0 unspecified atom stereocenters. The van der Waals surface area contributed by atoms with Crippen molar-refractivity contribution in [3.8, 4) is 0 Å². The monoisotopic (exact) mass is 227 g/mol. The first-order chi connectivity index (χ1) is 7.59. The number of nitrogens with zero attached hydrogens (tertiary/aromatic N) is 3. The summed E-state index contributed by atoms with van der Waals surface area (Å²) in [4.78, 5) is 41.8. The minimum absolute atomic E-state index is 0.0347. The molecular formula is C9H13N3O4. The van der Waals surface area contributed by atoms with Crippen molar-refractivity contribution in [2.45, 2.75) is 6.42 Å². The Hall–Kier alpha value is -1.63. The standard InChI is InChI=1S/C9H13N3O4/c1-10-5-7(13)11(9(10)15)6-8(14)12-3-2-4-16-12/h2-6H2,1H3. The second-order valence-electron chi connectivity index (χ2n) is 3.80. The number of carbonyl (C=O) groups is 3. The van der Waals surface area contributed by atoms with Gasteiger partial charge in [0.1, 0.15) is 13.1 Å². The normalized spacial score (nSPS) is 21.2. The second-order valence-corrected chi connectivity index (χ2v) is 3.80. The van der Waals surface area contributed by atoms with Crippen molar-refractivity contribution in [2.75, 3.05) is 33.3 Å². The minimum Gasteiger partial charge on any atom is -0.318 e. The summed E-state index contributed by atoms with van der Waals surface area (Å²) in [5, 5.41) is 1.21. The zero-order chi connectivity index (χ0) is 11.7. The van der Waals surface area contributed by atoms with Crippen LogP contribution in [0.15, 0.2) is 0 Å². The largest absolute Gasteiger partial charge is 0.327 e. The fourth-order valence-corrected chi connectivity index (χ4v) is 1.68. The molecular weight excluding hydrogens is 214 g/mol. The molecule has 2 heterocycles. The van der Waals surface area contributed by atoms with Crippen LogP contribution in [0.4, 0.5) is 4.79 Å². The molecule has 0 aromatic rings. The van der Waals surface area contributed by atoms with Crippen LogP contribution in [0.3, 0.4) is 0 Å². The number of urea groups is 1. The molecule has 2 rings (SSSR count). The molecule has 7 heteroatoms. The van der Waals surface area contributed by atoms with Gasteiger partial charge in [0, 0.05) is 7.05 Å². The van der Waals surface area contributed by atoms with Crippen molar-refractivity contribution in [1.82, 2.24) is 14.9 Å². The number of amides is 4. The van der Waals surface area contributed by atoms with Gasteiger partial charge in [-0.25, -0.2) is 9.86 Å². The number of hydrogen-bond donors (Lipinski definition) is 0. The lowest BCUT2D eigenvalue weighted by Crippen LogP contribution is -2.41. The predicted octanol–water partition coefficient (Wildman–Crippen LogP) is -0.956. The Morgan fingerprint density at radius 2 is 2.19 bits per heavy atom. The quantitative estimate of drug-likeness (QED) is 0.570. The molecule has 16 heavy (non-hydrogen) atoms. The number of likely N-dealkylation sites (N-methyl/N-ethyl adjacent to an activating group) is 1. The van der Waals surface area contributed by atoms with Crippen molar-refractivity contribution in [2.24, 2.45) is 0 Å². The third kappa shape index (κ3) is 1.85. The molecule has 0 atom stereocenters. The van der Waals surface area contributed by atoms with Crippen LogP contribution in [0.5, 0.6) is 0 Å². The van der Waals surface area contributed by atoms with Crippen LogP contribution >= 0.6 is 0 Å². The highest BCUT2D eigenvalue weighted by molar-refractivity contribution is 6.04. The summed E-state index contributed by atoms with van der Waals surface area (Å²) in [5.41, 5.74) is 0. The number of hydrogen-bond acceptors (Lipinski definition) is 4. The Bertz CT molecular complexity index is 338. The van der Waals surface area contributed by atoms with Crippen molar-refractivity contribution < 1.29 is 19.2 Å². The highest BCUT2D eigenvalue weighted by Crippen LogP contribution is 2.10. The van der Waals surface area contributed by atoms with Gasteiger partial charge in [-0.2, -0.15) is 0 Å². The highest BCUT2D eigenvalue weighted by atomic mass is 16.7. The molecule has 0 radical (unpaired) electrons. The minimum atomic E-state index is -0.433. The lowest BCUT2D eigenvalue weighted by molar-refractivity contribution is -0.169. The molecule has 4 amide bonds. The smallest absolute Gasteiger partial charge is 0.318 e. The maximum absolute atomic E-state index is 11.6. The van der Waals surface area contributed by atoms with Crippen LogP contribution in [0.25, 0.3) is 0 Å². The van der Waals surface area contributed by atoms with Gasteiger partial charge in [-0.3, -0.25) is 19.3 Å². The summed E-state index contributed by atoms with van der Waals surface area (Å²) >= 11 is 0. The second kappa shape index (κ2) is 4.09. The topological polar surface area (TPSA) is 70.2 Å². The molecule has 0 aliphatic carbocycles. The third-order valence-corrected chi connectivity index (χ3v) is 2.56. The molecule has 0 spiro atoms. The molecule has 0 bridgehead atoms. The van der Waals surface area contributed by atoms with Crippen LogP contribution in [0.1, 0.15) is 6.42 Å². The number of carbonyl (C=O) groups excluding carboxylic acids is 3. The van der Waals surface area contributed by atoms with E-state index in [1.54, 1.807) is 0 Å². The van der Waals surface area contributed by atoms with Crippen molar-refractivity contribution in [3.63, 3.8) is 0 Å². The van der Waals surface area contributed by atoms with E-state index in [1.165, 1.54) is 17.0 Å². The molecule has 2 saturated heterocycles. The Morgan fingerprint density at radius 3 is 2.69 bits per heavy atom. The summed E-state index contributed by atoms with van der Waals surface area (Å²) < 4.78 is 0. The van der Waals surface area contributed by atoms with E-state index in [9.17, 15) is 14.4 Å². The van der Waals surface area contributed by atoms with Gasteiger partial charge in [-0.15, -0.1) is 0 Å². The van der Waals surface area contributed by atoms with Gasteiger partial charge in [-0.1, -0.05) is 0 Å². The number of hydroxylamine groups is 2. The first kappa shape index (κ1) is 10.9. The summed E-state index contributed by atoms with van der Waals surface area (Å²) in [5.74, 6) is -0.699. The predicted molar refractivity (Wildman–Crippen MR) is 52.0 cm³/mol. The maximum Gasteiger partial charge on any atom is 0.327 e. The Balaban J connectivity index is 1.96. The van der Waals surface area contributed by atoms with E-state index in [-0.39, 0.29) is 24.9 Å². The van der Waals surface area contributed by atoms with Gasteiger partial charge in [0.15, 0.2) is 0 Å². The summed E-state index contributed by atoms with van der Waals surface area (Å²) in [6.07, 6.45) is 0.785. The SMILES string of the molecule is CN1CC(=O)N(CC(=O)N2CCCO2)C1=O. The first-order valence-electron chi connectivity index (χ1n) is 5.08. The fraction of sp³-hybridized carbons (Fsp3) is 0.667. The lowest BCUT2D eigenvalue weighted by Gasteiger charge is -2.18. The molecule has 2 aliphatic rings. The summed E-state index contributed by atoms with van der Waals surface area (Å²) in [6.45, 7) is 0.827. The van der Waals surface area contributed by atoms with E-state index in [4.69, 9.17) is 4.84 Å². The van der Waals surface area contributed by atoms with Crippen LogP contribution in [0.2, 0.25) is 0 Å². The Morgan fingerprint density at radius 1 is 1.44 bits per heavy atom. The molecule has 2 aliphatic heterocycles. The molecule has 0 aromatic carbocycles. The summed E-state index contributed by atoms with van der Waals surface area (Å²) in [6, 6.07) is -0.433. The summed E-state index contributed by atoms with van der Waals surface area (Å²) in [7, 11) is 1.52. The van der Waals surface area contributed by atoms with E-state index in [2.05, 4.69) is 0 Å². The van der Waals surface area contributed by atoms with E-state index >= 15 is 0 Å². The zero-order valence-corrected chi connectivity index (χ0v) is 9.01.